The summed E-state index contributed by atoms with van der Waals surface area (Å²) >= 11 is 0. The summed E-state index contributed by atoms with van der Waals surface area (Å²) in [5.41, 5.74) is 0.0537. The Kier molecular flexibility index (Phi) is 8.79. The number of phenolic OH excluding ortho intramolecular Hbond substituents is 1. The first-order chi connectivity index (χ1) is 19.3. The van der Waals surface area contributed by atoms with Gasteiger partial charge in [-0.05, 0) is 57.0 Å². The smallest absolute Gasteiger partial charge is 0.398 e. The Labute approximate surface area is 235 Å². The summed E-state index contributed by atoms with van der Waals surface area (Å²) in [5, 5.41) is 10.5. The standard InChI is InChI=1S/C30H31F3O8/c1-17-21(30(31,32)33)13-14-23(39-27(35)18-9-6-5-7-10-18)26-24(40-29(2,3)41-26)12-8-11-19-15-20(37-4)16-22(34)25(19)28(36)38-17/h5-11,13-17,21,23-24,26,34H,12H2,1-4H3/t17?,21?,23?,24-,26?/m0/s1. The largest absolute Gasteiger partial charge is 0.507 e. The van der Waals surface area contributed by atoms with Gasteiger partial charge in [-0.15, -0.1) is 0 Å². The molecule has 4 rings (SSSR count). The Morgan fingerprint density at radius 3 is 2.46 bits per heavy atom. The van der Waals surface area contributed by atoms with E-state index in [1.54, 1.807) is 38.1 Å². The maximum atomic E-state index is 14.2. The molecule has 0 spiro atoms. The average molecular weight is 577 g/mol. The molecule has 1 N–H and O–H groups in total. The van der Waals surface area contributed by atoms with Crippen molar-refractivity contribution < 1.29 is 51.6 Å². The first-order valence-electron chi connectivity index (χ1n) is 12.9. The van der Waals surface area contributed by atoms with Crippen molar-refractivity contribution in [2.24, 2.45) is 5.92 Å². The molecule has 1 saturated heterocycles. The fourth-order valence-corrected chi connectivity index (χ4v) is 4.79. The average Bonchev–Trinajstić information content (AvgIpc) is 3.20. The van der Waals surface area contributed by atoms with Crippen molar-refractivity contribution in [1.82, 2.24) is 0 Å². The number of rotatable bonds is 3. The topological polar surface area (TPSA) is 101 Å². The van der Waals surface area contributed by atoms with Crippen molar-refractivity contribution in [1.29, 1.82) is 0 Å². The quantitative estimate of drug-likeness (QED) is 0.359. The Morgan fingerprint density at radius 2 is 1.80 bits per heavy atom. The van der Waals surface area contributed by atoms with Crippen molar-refractivity contribution in [2.45, 2.75) is 63.6 Å². The number of halogens is 3. The van der Waals surface area contributed by atoms with Crippen LogP contribution in [-0.2, 0) is 18.9 Å². The van der Waals surface area contributed by atoms with E-state index in [2.05, 4.69) is 0 Å². The molecule has 4 unspecified atom stereocenters. The molecule has 1 fully saturated rings. The van der Waals surface area contributed by atoms with Crippen molar-refractivity contribution in [3.8, 4) is 11.5 Å². The number of cyclic esters (lactones) is 1. The van der Waals surface area contributed by atoms with Crippen LogP contribution in [0.2, 0.25) is 0 Å². The zero-order chi connectivity index (χ0) is 29.9. The number of benzene rings is 2. The van der Waals surface area contributed by atoms with Crippen LogP contribution in [0.25, 0.3) is 6.08 Å². The Bertz CT molecular complexity index is 1320. The summed E-state index contributed by atoms with van der Waals surface area (Å²) in [6.07, 6.45) is -4.35. The molecule has 41 heavy (non-hydrogen) atoms. The van der Waals surface area contributed by atoms with E-state index in [0.717, 1.165) is 19.1 Å². The van der Waals surface area contributed by atoms with Crippen LogP contribution in [0.15, 0.2) is 60.7 Å². The number of phenols is 1. The second-order valence-corrected chi connectivity index (χ2v) is 10.2. The molecule has 2 aliphatic heterocycles. The van der Waals surface area contributed by atoms with Crippen molar-refractivity contribution in [3.05, 3.63) is 77.4 Å². The highest BCUT2D eigenvalue weighted by atomic mass is 19.4. The maximum Gasteiger partial charge on any atom is 0.398 e. The van der Waals surface area contributed by atoms with Crippen LogP contribution in [0.4, 0.5) is 13.2 Å². The predicted molar refractivity (Wildman–Crippen MR) is 141 cm³/mol. The van der Waals surface area contributed by atoms with Gasteiger partial charge >= 0.3 is 18.1 Å². The van der Waals surface area contributed by atoms with Gasteiger partial charge < -0.3 is 28.8 Å². The van der Waals surface area contributed by atoms with Gasteiger partial charge in [0.1, 0.15) is 41.3 Å². The number of esters is 2. The van der Waals surface area contributed by atoms with E-state index < -0.39 is 60.0 Å². The van der Waals surface area contributed by atoms with Gasteiger partial charge in [0, 0.05) is 6.07 Å². The van der Waals surface area contributed by atoms with E-state index in [4.69, 9.17) is 23.7 Å². The zero-order valence-corrected chi connectivity index (χ0v) is 22.9. The molecule has 2 aromatic carbocycles. The minimum absolute atomic E-state index is 0.160. The van der Waals surface area contributed by atoms with Crippen LogP contribution in [0.5, 0.6) is 11.5 Å². The molecule has 2 heterocycles. The number of aromatic hydroxyl groups is 1. The second kappa shape index (κ2) is 12.0. The summed E-state index contributed by atoms with van der Waals surface area (Å²) in [7, 11) is 1.36. The molecule has 5 atom stereocenters. The molecule has 11 heteroatoms. The molecule has 0 bridgehead atoms. The summed E-state index contributed by atoms with van der Waals surface area (Å²) in [4.78, 5) is 26.0. The highest BCUT2D eigenvalue weighted by molar-refractivity contribution is 5.97. The predicted octanol–water partition coefficient (Wildman–Crippen LogP) is 5.84. The molecule has 0 aliphatic carbocycles. The number of hydrogen-bond donors (Lipinski definition) is 1. The SMILES string of the molecule is COc1cc(O)c2c(c1)C=CC[C@@H]1OC(C)(C)OC1C(OC(=O)c1ccccc1)C=CC(C(F)(F)F)C(C)OC2=O. The Balaban J connectivity index is 1.81. The van der Waals surface area contributed by atoms with Gasteiger partial charge in [0.15, 0.2) is 5.79 Å². The van der Waals surface area contributed by atoms with Crippen LogP contribution in [-0.4, -0.2) is 60.5 Å². The minimum atomic E-state index is -4.84. The fourth-order valence-electron chi connectivity index (χ4n) is 4.79. The lowest BCUT2D eigenvalue weighted by molar-refractivity contribution is -0.182. The van der Waals surface area contributed by atoms with Crippen LogP contribution in [0.3, 0.4) is 0 Å². The highest BCUT2D eigenvalue weighted by Gasteiger charge is 2.47. The molecular weight excluding hydrogens is 545 g/mol. The summed E-state index contributed by atoms with van der Waals surface area (Å²) in [5.74, 6) is -5.62. The number of alkyl halides is 3. The fraction of sp³-hybridized carbons (Fsp3) is 0.400. The van der Waals surface area contributed by atoms with Gasteiger partial charge in [0.2, 0.25) is 0 Å². The number of hydrogen-bond acceptors (Lipinski definition) is 8. The van der Waals surface area contributed by atoms with Crippen LogP contribution in [0.1, 0.15) is 53.5 Å². The van der Waals surface area contributed by atoms with Crippen molar-refractivity contribution in [3.63, 3.8) is 0 Å². The number of methoxy groups -OCH3 is 1. The maximum absolute atomic E-state index is 14.2. The first-order valence-corrected chi connectivity index (χ1v) is 12.9. The molecule has 220 valence electrons. The molecule has 0 amide bonds. The number of ether oxygens (including phenoxy) is 5. The van der Waals surface area contributed by atoms with Gasteiger partial charge in [-0.2, -0.15) is 13.2 Å². The van der Waals surface area contributed by atoms with Crippen molar-refractivity contribution in [2.75, 3.05) is 7.11 Å². The molecule has 0 saturated carbocycles. The lowest BCUT2D eigenvalue weighted by atomic mass is 9.97. The van der Waals surface area contributed by atoms with Gasteiger partial charge in [-0.1, -0.05) is 36.4 Å². The van der Waals surface area contributed by atoms with E-state index in [-0.39, 0.29) is 28.9 Å². The Hall–Kier alpha value is -3.83. The third-order valence-electron chi connectivity index (χ3n) is 6.71. The molecule has 0 aromatic heterocycles. The van der Waals surface area contributed by atoms with Crippen LogP contribution >= 0.6 is 0 Å². The van der Waals surface area contributed by atoms with Gasteiger partial charge in [0.25, 0.3) is 0 Å². The van der Waals surface area contributed by atoms with Crippen LogP contribution < -0.4 is 4.74 Å². The molecule has 2 aliphatic rings. The van der Waals surface area contributed by atoms with E-state index in [9.17, 15) is 27.9 Å². The summed E-state index contributed by atoms with van der Waals surface area (Å²) < 4.78 is 70.8. The van der Waals surface area contributed by atoms with Crippen molar-refractivity contribution >= 4 is 18.0 Å². The molecule has 2 aromatic rings. The zero-order valence-electron chi connectivity index (χ0n) is 22.9. The van der Waals surface area contributed by atoms with E-state index in [1.165, 1.54) is 37.5 Å². The lowest BCUT2D eigenvalue weighted by Crippen LogP contribution is -2.39. The first kappa shape index (κ1) is 30.1. The molecular formula is C30H31F3O8. The van der Waals surface area contributed by atoms with Gasteiger partial charge in [-0.25, -0.2) is 9.59 Å². The number of carbonyl (C=O) groups is 2. The van der Waals surface area contributed by atoms with Gasteiger partial charge in [-0.3, -0.25) is 0 Å². The van der Waals surface area contributed by atoms with Crippen LogP contribution in [0, 0.1) is 5.92 Å². The number of fused-ring (bicyclic) bond motifs is 2. The van der Waals surface area contributed by atoms with E-state index >= 15 is 0 Å². The monoisotopic (exact) mass is 576 g/mol. The van der Waals surface area contributed by atoms with Gasteiger partial charge in [0.05, 0.1) is 18.8 Å². The summed E-state index contributed by atoms with van der Waals surface area (Å²) in [6, 6.07) is 10.6. The Morgan fingerprint density at radius 1 is 1.10 bits per heavy atom. The normalized spacial score (nSPS) is 26.3. The lowest BCUT2D eigenvalue weighted by Gasteiger charge is -2.27. The highest BCUT2D eigenvalue weighted by Crippen LogP contribution is 2.37. The third-order valence-corrected chi connectivity index (χ3v) is 6.71. The van der Waals surface area contributed by atoms with E-state index in [0.29, 0.717) is 0 Å². The molecule has 0 radical (unpaired) electrons. The molecule has 8 nitrogen and oxygen atoms in total. The van der Waals surface area contributed by atoms with E-state index in [1.807, 2.05) is 0 Å². The second-order valence-electron chi connectivity index (χ2n) is 10.2. The number of carbonyl (C=O) groups excluding carboxylic acids is 2. The summed E-state index contributed by atoms with van der Waals surface area (Å²) in [6.45, 7) is 4.38. The third kappa shape index (κ3) is 7.09. The minimum Gasteiger partial charge on any atom is -0.507 e.